The lowest BCUT2D eigenvalue weighted by molar-refractivity contribution is -0.196. The Bertz CT molecular complexity index is 840. The minimum atomic E-state index is -0.377. The fraction of sp³-hybridized carbons (Fsp3) is 0.767. The van der Waals surface area contributed by atoms with Crippen LogP contribution < -0.4 is 0 Å². The van der Waals surface area contributed by atoms with Crippen molar-refractivity contribution in [2.75, 3.05) is 40.3 Å². The van der Waals surface area contributed by atoms with Crippen LogP contribution in [0, 0.1) is 23.7 Å². The van der Waals surface area contributed by atoms with Crippen LogP contribution in [0.1, 0.15) is 58.4 Å². The van der Waals surface area contributed by atoms with Gasteiger partial charge in [0.15, 0.2) is 0 Å². The number of aliphatic hydroxyl groups excluding tert-OH is 1. The van der Waals surface area contributed by atoms with Crippen molar-refractivity contribution in [3.63, 3.8) is 0 Å². The molecule has 1 aromatic carbocycles. The van der Waals surface area contributed by atoms with Gasteiger partial charge in [0.25, 0.3) is 0 Å². The van der Waals surface area contributed by atoms with Gasteiger partial charge < -0.3 is 14.7 Å². The van der Waals surface area contributed by atoms with Gasteiger partial charge in [-0.05, 0) is 70.0 Å². The number of aliphatic hydroxyl groups is 1. The third-order valence-corrected chi connectivity index (χ3v) is 8.53. The molecule has 2 aliphatic heterocycles. The van der Waals surface area contributed by atoms with Crippen LogP contribution in [0.5, 0.6) is 0 Å². The Balaban J connectivity index is 1.43. The predicted molar refractivity (Wildman–Crippen MR) is 146 cm³/mol. The highest BCUT2D eigenvalue weighted by molar-refractivity contribution is 5.79. The van der Waals surface area contributed by atoms with Gasteiger partial charge in [-0.2, -0.15) is 5.06 Å². The molecule has 1 aromatic rings. The Morgan fingerprint density at radius 1 is 1.14 bits per heavy atom. The topological polar surface area (TPSA) is 65.5 Å². The van der Waals surface area contributed by atoms with Gasteiger partial charge in [-0.25, -0.2) is 0 Å². The Hall–Kier alpha value is -1.51. The summed E-state index contributed by atoms with van der Waals surface area (Å²) in [5.74, 6) is 1.48. The molecule has 208 valence electrons. The smallest absolute Gasteiger partial charge is 0.326 e. The molecule has 0 bridgehead atoms. The van der Waals surface area contributed by atoms with Crippen LogP contribution in [-0.4, -0.2) is 90.6 Å². The largest absolute Gasteiger partial charge is 0.461 e. The molecule has 7 heteroatoms. The van der Waals surface area contributed by atoms with E-state index in [1.54, 1.807) is 0 Å². The Morgan fingerprint density at radius 3 is 2.54 bits per heavy atom. The number of fused-ring (bicyclic) bond motifs is 1. The number of hydroxylamine groups is 2. The molecule has 2 saturated heterocycles. The van der Waals surface area contributed by atoms with Crippen molar-refractivity contribution in [2.45, 2.75) is 83.7 Å². The first-order chi connectivity index (χ1) is 17.7. The highest BCUT2D eigenvalue weighted by Crippen LogP contribution is 2.40. The quantitative estimate of drug-likeness (QED) is 0.425. The summed E-state index contributed by atoms with van der Waals surface area (Å²) in [6.45, 7) is 10.4. The van der Waals surface area contributed by atoms with Crippen LogP contribution in [0.15, 0.2) is 30.3 Å². The van der Waals surface area contributed by atoms with Crippen LogP contribution in [0.4, 0.5) is 0 Å². The van der Waals surface area contributed by atoms with E-state index < -0.39 is 0 Å². The number of nitrogens with zero attached hydrogens (tertiary/aromatic N) is 3. The fourth-order valence-electron chi connectivity index (χ4n) is 6.97. The molecule has 3 aliphatic rings. The molecule has 0 radical (unpaired) electrons. The Labute approximate surface area is 224 Å². The number of cyclic esters (lactones) is 1. The molecule has 2 unspecified atom stereocenters. The highest BCUT2D eigenvalue weighted by atomic mass is 16.7. The second-order valence-corrected chi connectivity index (χ2v) is 12.4. The molecule has 3 fully saturated rings. The average molecular weight is 516 g/mol. The normalized spacial score (nSPS) is 31.3. The number of carbonyl (C=O) groups is 1. The molecule has 2 heterocycles. The highest BCUT2D eigenvalue weighted by Gasteiger charge is 2.56. The van der Waals surface area contributed by atoms with E-state index in [2.05, 4.69) is 68.1 Å². The minimum absolute atomic E-state index is 0.0799. The fourth-order valence-corrected chi connectivity index (χ4v) is 6.97. The summed E-state index contributed by atoms with van der Waals surface area (Å²) >= 11 is 0. The third kappa shape index (κ3) is 7.33. The minimum Gasteiger partial charge on any atom is -0.461 e. The summed E-state index contributed by atoms with van der Waals surface area (Å²) < 4.78 is 5.52. The van der Waals surface area contributed by atoms with Crippen molar-refractivity contribution in [3.05, 3.63) is 35.9 Å². The van der Waals surface area contributed by atoms with Gasteiger partial charge in [0.1, 0.15) is 18.2 Å². The van der Waals surface area contributed by atoms with E-state index in [-0.39, 0.29) is 36.7 Å². The van der Waals surface area contributed by atoms with E-state index in [9.17, 15) is 9.90 Å². The second-order valence-electron chi connectivity index (χ2n) is 12.4. The maximum Gasteiger partial charge on any atom is 0.326 e. The Morgan fingerprint density at radius 2 is 1.86 bits per heavy atom. The standard InChI is InChI=1S/C30H49N3O4/c1-21(2)14-26(19-31(4)5)32(16-23-10-7-6-8-11-23)17-24-12-9-13-25(15-24)18-33-29-28(27(20-34)37-33)22(3)36-30(29)35/h6-8,10-11,21-22,24-29,34H,9,12-20H2,1-5H3/t22-,24?,25?,26-,27-,28+,29-/m0/s1. The van der Waals surface area contributed by atoms with E-state index in [4.69, 9.17) is 9.57 Å². The van der Waals surface area contributed by atoms with Crippen LogP contribution >= 0.6 is 0 Å². The van der Waals surface area contributed by atoms with Gasteiger partial charge in [0.05, 0.1) is 12.5 Å². The van der Waals surface area contributed by atoms with Crippen molar-refractivity contribution in [2.24, 2.45) is 23.7 Å². The van der Waals surface area contributed by atoms with Gasteiger partial charge in [-0.3, -0.25) is 14.5 Å². The van der Waals surface area contributed by atoms with Crippen molar-refractivity contribution in [1.82, 2.24) is 14.9 Å². The molecule has 1 aliphatic carbocycles. The number of rotatable bonds is 12. The van der Waals surface area contributed by atoms with Crippen molar-refractivity contribution in [3.8, 4) is 0 Å². The summed E-state index contributed by atoms with van der Waals surface area (Å²) in [4.78, 5) is 23.8. The van der Waals surface area contributed by atoms with E-state index in [0.29, 0.717) is 23.8 Å². The lowest BCUT2D eigenvalue weighted by atomic mass is 9.80. The average Bonchev–Trinajstić information content (AvgIpc) is 3.36. The summed E-state index contributed by atoms with van der Waals surface area (Å²) in [5.41, 5.74) is 1.38. The summed E-state index contributed by atoms with van der Waals surface area (Å²) in [7, 11) is 4.37. The number of esters is 1. The number of hydrogen-bond acceptors (Lipinski definition) is 7. The molecule has 7 nitrogen and oxygen atoms in total. The monoisotopic (exact) mass is 515 g/mol. The molecule has 0 aromatic heterocycles. The van der Waals surface area contributed by atoms with Crippen LogP contribution in [-0.2, 0) is 20.9 Å². The lowest BCUT2D eigenvalue weighted by Crippen LogP contribution is -2.46. The van der Waals surface area contributed by atoms with Gasteiger partial charge in [-0.1, -0.05) is 50.6 Å². The molecule has 4 rings (SSSR count). The number of carbonyl (C=O) groups excluding carboxylic acids is 1. The Kier molecular flexibility index (Phi) is 10.0. The first-order valence-electron chi connectivity index (χ1n) is 14.4. The first kappa shape index (κ1) is 28.5. The first-order valence-corrected chi connectivity index (χ1v) is 14.4. The molecule has 0 amide bonds. The zero-order chi connectivity index (χ0) is 26.5. The van der Waals surface area contributed by atoms with Crippen LogP contribution in [0.2, 0.25) is 0 Å². The van der Waals surface area contributed by atoms with Crippen LogP contribution in [0.3, 0.4) is 0 Å². The summed E-state index contributed by atoms with van der Waals surface area (Å²) in [6, 6.07) is 11.0. The predicted octanol–water partition coefficient (Wildman–Crippen LogP) is 3.81. The number of hydrogen-bond donors (Lipinski definition) is 1. The maximum absolute atomic E-state index is 12.6. The van der Waals surface area contributed by atoms with E-state index in [0.717, 1.165) is 39.0 Å². The van der Waals surface area contributed by atoms with Crippen molar-refractivity contribution in [1.29, 1.82) is 0 Å². The summed E-state index contributed by atoms with van der Waals surface area (Å²) in [6.07, 6.45) is 5.40. The molecular formula is C30H49N3O4. The van der Waals surface area contributed by atoms with E-state index in [1.807, 2.05) is 12.0 Å². The second kappa shape index (κ2) is 13.0. The molecule has 7 atom stereocenters. The molecule has 37 heavy (non-hydrogen) atoms. The number of likely N-dealkylation sites (N-methyl/N-ethyl adjacent to an activating group) is 1. The maximum atomic E-state index is 12.6. The van der Waals surface area contributed by atoms with Crippen LogP contribution in [0.25, 0.3) is 0 Å². The molecular weight excluding hydrogens is 466 g/mol. The molecule has 1 saturated carbocycles. The molecule has 1 N–H and O–H groups in total. The van der Waals surface area contributed by atoms with E-state index in [1.165, 1.54) is 24.8 Å². The zero-order valence-electron chi connectivity index (χ0n) is 23.6. The molecule has 0 spiro atoms. The van der Waals surface area contributed by atoms with E-state index >= 15 is 0 Å². The van der Waals surface area contributed by atoms with Gasteiger partial charge in [0, 0.05) is 32.2 Å². The van der Waals surface area contributed by atoms with Gasteiger partial charge in [-0.15, -0.1) is 0 Å². The zero-order valence-corrected chi connectivity index (χ0v) is 23.6. The number of benzene rings is 1. The van der Waals surface area contributed by atoms with Gasteiger partial charge in [0.2, 0.25) is 0 Å². The SMILES string of the molecule is CC(C)C[C@@H](CN(C)C)N(Cc1ccccc1)CC1CCCC(CN2O[C@@H](CO)[C@H]3[C@H](C)OC(=O)[C@H]32)C1. The summed E-state index contributed by atoms with van der Waals surface area (Å²) in [5, 5.41) is 11.7. The van der Waals surface area contributed by atoms with Crippen molar-refractivity contribution < 1.29 is 19.5 Å². The van der Waals surface area contributed by atoms with Crippen molar-refractivity contribution >= 4 is 5.97 Å². The number of ether oxygens (including phenoxy) is 1. The van der Waals surface area contributed by atoms with Gasteiger partial charge >= 0.3 is 5.97 Å². The third-order valence-electron chi connectivity index (χ3n) is 8.53. The lowest BCUT2D eigenvalue weighted by Gasteiger charge is -2.39.